The van der Waals surface area contributed by atoms with Crippen LogP contribution in [-0.4, -0.2) is 11.1 Å². The molecule has 0 unspecified atom stereocenters. The Kier molecular flexibility index (Phi) is 22.6. The van der Waals surface area contributed by atoms with Crippen molar-refractivity contribution in [3.8, 4) is 0 Å². The summed E-state index contributed by atoms with van der Waals surface area (Å²) in [4.78, 5) is 9.37. The van der Waals surface area contributed by atoms with Crippen LogP contribution >= 0.6 is 0 Å². The fraction of sp³-hybridized carbons (Fsp3) is 0.917. The summed E-state index contributed by atoms with van der Waals surface area (Å²) in [5.41, 5.74) is 0. The predicted molar refractivity (Wildman–Crippen MR) is 61.5 cm³/mol. The molecule has 0 atom stereocenters. The first-order valence-corrected chi connectivity index (χ1v) is 5.88. The maximum Gasteiger partial charge on any atom is 0.303 e. The third-order valence-electron chi connectivity index (χ3n) is 2.20. The average Bonchev–Trinajstić information content (AvgIpc) is 2.23. The zero-order valence-electron chi connectivity index (χ0n) is 10.5. The van der Waals surface area contributed by atoms with E-state index < -0.39 is 5.97 Å². The van der Waals surface area contributed by atoms with Gasteiger partial charge in [-0.25, -0.2) is 0 Å². The smallest absolute Gasteiger partial charge is 0.303 e. The van der Waals surface area contributed by atoms with Crippen LogP contribution in [0.1, 0.15) is 66.2 Å². The van der Waals surface area contributed by atoms with E-state index in [4.69, 9.17) is 5.11 Å². The van der Waals surface area contributed by atoms with Crippen molar-refractivity contribution >= 4 is 5.97 Å². The number of carboxylic acid groups (broad SMARTS) is 1. The molecule has 0 heterocycles. The minimum Gasteiger partial charge on any atom is -0.481 e. The van der Waals surface area contributed by atoms with Crippen LogP contribution < -0.4 is 0 Å². The number of aliphatic carboxylic acids is 1. The van der Waals surface area contributed by atoms with E-state index in [2.05, 4.69) is 6.92 Å². The molecule has 0 aromatic heterocycles. The number of carboxylic acids is 1. The van der Waals surface area contributed by atoms with Gasteiger partial charge in [0.2, 0.25) is 0 Å². The van der Waals surface area contributed by atoms with Crippen LogP contribution in [-0.2, 0) is 24.3 Å². The quantitative estimate of drug-likeness (QED) is 0.741. The molecule has 0 bridgehead atoms. The average molecular weight is 305 g/mol. The van der Waals surface area contributed by atoms with E-state index in [1.54, 1.807) is 6.92 Å². The number of carbonyl (C=O) groups is 1. The molecule has 1 rings (SSSR count). The molecule has 15 heavy (non-hydrogen) atoms. The van der Waals surface area contributed by atoms with Gasteiger partial charge < -0.3 is 5.11 Å². The third-order valence-corrected chi connectivity index (χ3v) is 2.20. The molecule has 1 radical (unpaired) electrons. The van der Waals surface area contributed by atoms with E-state index in [0.29, 0.717) is 0 Å². The maximum atomic E-state index is 9.37. The zero-order valence-corrected chi connectivity index (χ0v) is 12.1. The monoisotopic (exact) mass is 305 g/mol. The first-order valence-electron chi connectivity index (χ1n) is 5.88. The van der Waals surface area contributed by atoms with Crippen LogP contribution in [0.5, 0.6) is 0 Å². The van der Waals surface area contributed by atoms with Crippen LogP contribution in [0.15, 0.2) is 0 Å². The summed E-state index contributed by atoms with van der Waals surface area (Å²) in [6.07, 6.45) is 7.66. The van der Waals surface area contributed by atoms with Crippen molar-refractivity contribution in [1.82, 2.24) is 0 Å². The van der Waals surface area contributed by atoms with Crippen molar-refractivity contribution in [2.75, 3.05) is 0 Å². The van der Waals surface area contributed by atoms with E-state index in [1.807, 2.05) is 13.8 Å². The summed E-state index contributed by atoms with van der Waals surface area (Å²) in [5, 5.41) is 7.72. The Morgan fingerprint density at radius 2 is 1.53 bits per heavy atom. The van der Waals surface area contributed by atoms with E-state index in [9.17, 15) is 4.79 Å². The van der Waals surface area contributed by atoms with Crippen LogP contribution in [0.25, 0.3) is 0 Å². The van der Waals surface area contributed by atoms with Crippen LogP contribution in [0.2, 0.25) is 0 Å². The van der Waals surface area contributed by atoms with E-state index in [-0.39, 0.29) is 25.9 Å². The van der Waals surface area contributed by atoms with Gasteiger partial charge in [-0.1, -0.05) is 59.8 Å². The molecule has 1 aliphatic rings. The van der Waals surface area contributed by atoms with Crippen molar-refractivity contribution in [1.29, 1.82) is 0 Å². The largest absolute Gasteiger partial charge is 0.481 e. The zero-order chi connectivity index (χ0) is 11.4. The summed E-state index contributed by atoms with van der Waals surface area (Å²) in [7, 11) is 0. The molecule has 0 saturated heterocycles. The fourth-order valence-corrected chi connectivity index (χ4v) is 1.31. The Hall–Kier alpha value is 0.0934. The van der Waals surface area contributed by atoms with Gasteiger partial charge in [0.15, 0.2) is 0 Å². The minimum absolute atomic E-state index is 0. The molecule has 0 aromatic carbocycles. The van der Waals surface area contributed by atoms with Gasteiger partial charge in [-0.15, -0.1) is 0 Å². The maximum absolute atomic E-state index is 9.37. The summed E-state index contributed by atoms with van der Waals surface area (Å²) < 4.78 is 0. The van der Waals surface area contributed by atoms with Crippen molar-refractivity contribution in [3.05, 3.63) is 0 Å². The summed E-state index contributed by atoms with van der Waals surface area (Å²) in [6, 6.07) is 0. The van der Waals surface area contributed by atoms with E-state index in [0.717, 1.165) is 5.92 Å². The van der Waals surface area contributed by atoms with Gasteiger partial charge in [0.1, 0.15) is 0 Å². The topological polar surface area (TPSA) is 37.3 Å². The molecule has 1 N–H and O–H groups in total. The van der Waals surface area contributed by atoms with Crippen LogP contribution in [0, 0.1) is 5.92 Å². The van der Waals surface area contributed by atoms with Crippen molar-refractivity contribution < 1.29 is 29.4 Å². The molecular weight excluding hydrogens is 279 g/mol. The predicted octanol–water partition coefficient (Wildman–Crippen LogP) is 4.09. The standard InChI is InChI=1S/C7H14.C3H6O2.C2H6.Rh/c1-7-5-3-2-4-6-7;1-2-3(4)5;1-2;/h7H,2-6H2,1H3;2H2,1H3,(H,4,5);1-2H3;. The SMILES string of the molecule is CC.CC1CCCCC1.CCC(=O)O.[Rh]. The van der Waals surface area contributed by atoms with Gasteiger partial charge in [0, 0.05) is 25.9 Å². The van der Waals surface area contributed by atoms with Crippen molar-refractivity contribution in [3.63, 3.8) is 0 Å². The molecule has 1 saturated carbocycles. The molecular formula is C12H26O2Rh. The molecule has 1 fully saturated rings. The van der Waals surface area contributed by atoms with Gasteiger partial charge in [-0.3, -0.25) is 4.79 Å². The molecule has 95 valence electrons. The van der Waals surface area contributed by atoms with Gasteiger partial charge in [-0.2, -0.15) is 0 Å². The third kappa shape index (κ3) is 20.2. The molecule has 0 aromatic rings. The Morgan fingerprint density at radius 1 is 1.20 bits per heavy atom. The molecule has 2 nitrogen and oxygen atoms in total. The van der Waals surface area contributed by atoms with Gasteiger partial charge in [-0.05, 0) is 5.92 Å². The Balaban J connectivity index is -0.000000162. The number of rotatable bonds is 1. The Bertz CT molecular complexity index is 121. The van der Waals surface area contributed by atoms with E-state index in [1.165, 1.54) is 32.1 Å². The molecule has 1 aliphatic carbocycles. The second-order valence-electron chi connectivity index (χ2n) is 3.49. The fourth-order valence-electron chi connectivity index (χ4n) is 1.31. The summed E-state index contributed by atoms with van der Waals surface area (Å²) in [6.45, 7) is 7.96. The molecule has 3 heteroatoms. The summed E-state index contributed by atoms with van der Waals surface area (Å²) in [5.74, 6) is 0.291. The van der Waals surface area contributed by atoms with Crippen LogP contribution in [0.3, 0.4) is 0 Å². The minimum atomic E-state index is -0.745. The van der Waals surface area contributed by atoms with Gasteiger partial charge in [0.25, 0.3) is 0 Å². The van der Waals surface area contributed by atoms with Crippen molar-refractivity contribution in [2.45, 2.75) is 66.2 Å². The second kappa shape index (κ2) is 16.5. The molecule has 0 amide bonds. The van der Waals surface area contributed by atoms with Crippen LogP contribution in [0.4, 0.5) is 0 Å². The first-order chi connectivity index (χ1) is 6.66. The van der Waals surface area contributed by atoms with Crippen molar-refractivity contribution in [2.24, 2.45) is 5.92 Å². The molecule has 0 spiro atoms. The normalized spacial score (nSPS) is 14.7. The number of hydrogen-bond donors (Lipinski definition) is 1. The summed E-state index contributed by atoms with van der Waals surface area (Å²) >= 11 is 0. The Morgan fingerprint density at radius 3 is 1.67 bits per heavy atom. The first kappa shape index (κ1) is 20.5. The van der Waals surface area contributed by atoms with Gasteiger partial charge >= 0.3 is 5.97 Å². The molecule has 0 aliphatic heterocycles. The number of hydrogen-bond acceptors (Lipinski definition) is 1. The van der Waals surface area contributed by atoms with Gasteiger partial charge in [0.05, 0.1) is 0 Å². The van der Waals surface area contributed by atoms with E-state index >= 15 is 0 Å². The second-order valence-corrected chi connectivity index (χ2v) is 3.49. The Labute approximate surface area is 108 Å².